The van der Waals surface area contributed by atoms with Crippen molar-refractivity contribution in [1.82, 2.24) is 41.0 Å². The van der Waals surface area contributed by atoms with E-state index in [4.69, 9.17) is 25.7 Å². The van der Waals surface area contributed by atoms with Gasteiger partial charge in [-0.1, -0.05) is 24.3 Å². The Bertz CT molecular complexity index is 3530. The molecule has 390 valence electrons. The van der Waals surface area contributed by atoms with Crippen LogP contribution in [0.2, 0.25) is 0 Å². The van der Waals surface area contributed by atoms with Crippen LogP contribution in [0.1, 0.15) is 75.0 Å². The first kappa shape index (κ1) is 53.0. The maximum atomic E-state index is 14.3. The van der Waals surface area contributed by atoms with Gasteiger partial charge in [0.25, 0.3) is 11.8 Å². The lowest BCUT2D eigenvalue weighted by Crippen LogP contribution is -2.25. The highest BCUT2D eigenvalue weighted by atomic mass is 19.1. The second kappa shape index (κ2) is 24.1. The second-order valence-corrected chi connectivity index (χ2v) is 16.8. The number of halogens is 2. The maximum Gasteiger partial charge on any atom is 0.340 e. The highest BCUT2D eigenvalue weighted by molar-refractivity contribution is 6.12. The van der Waals surface area contributed by atoms with E-state index in [-0.39, 0.29) is 62.1 Å². The van der Waals surface area contributed by atoms with Crippen LogP contribution >= 0.6 is 0 Å². The number of carboxylic acids is 1. The number of nitrogens with zero attached hydrogens (tertiary/aromatic N) is 4. The molecule has 0 fully saturated rings. The van der Waals surface area contributed by atoms with E-state index in [9.17, 15) is 42.7 Å². The van der Waals surface area contributed by atoms with Crippen LogP contribution < -0.4 is 22.1 Å². The molecule has 0 aliphatic rings. The number of nitrogens with two attached hydrogens (primary N) is 2. The largest absolute Gasteiger partial charge is 0.478 e. The third-order valence-corrected chi connectivity index (χ3v) is 11.8. The lowest BCUT2D eigenvalue weighted by molar-refractivity contribution is 0.0139. The van der Waals surface area contributed by atoms with E-state index < -0.39 is 41.0 Å². The van der Waals surface area contributed by atoms with Crippen LogP contribution in [0.4, 0.5) is 8.78 Å². The minimum Gasteiger partial charge on any atom is -0.478 e. The number of H-pyrrole nitrogens is 2. The summed E-state index contributed by atoms with van der Waals surface area (Å²) in [5, 5.41) is 30.0. The Morgan fingerprint density at radius 2 is 0.987 bits per heavy atom. The van der Waals surface area contributed by atoms with Crippen molar-refractivity contribution in [3.05, 3.63) is 142 Å². The number of aromatic nitrogens is 6. The van der Waals surface area contributed by atoms with Crippen LogP contribution in [0.25, 0.3) is 67.1 Å². The summed E-state index contributed by atoms with van der Waals surface area (Å²) in [6.07, 6.45) is 1.06. The van der Waals surface area contributed by atoms with Crippen molar-refractivity contribution in [2.75, 3.05) is 59.8 Å². The van der Waals surface area contributed by atoms with E-state index in [1.165, 1.54) is 30.3 Å². The molecule has 0 spiro atoms. The zero-order valence-corrected chi connectivity index (χ0v) is 40.5. The number of rotatable bonds is 24. The van der Waals surface area contributed by atoms with Gasteiger partial charge in [0, 0.05) is 59.7 Å². The van der Waals surface area contributed by atoms with Gasteiger partial charge in [-0.2, -0.15) is 10.2 Å². The molecule has 8 rings (SSSR count). The summed E-state index contributed by atoms with van der Waals surface area (Å²) in [7, 11) is 1.13. The average Bonchev–Trinajstić information content (AvgIpc) is 4.12. The summed E-state index contributed by atoms with van der Waals surface area (Å²) in [6.45, 7) is 2.73. The standard InChI is InChI=1S/C53H48F2N10O11/c1-73-53(72)35-25-29(11-13-39(35)55)41-27-37(47(57)67)43-45(63-65-49(43)61-41)31-7-3-9-33(23-31)51(69)59-15-5-17-75-19-21-76-20-18-74-16-4-14-58-50(68)32-8-2-6-30(22-32)44-42-36(46(56)66)26-40(60-48(42)64-62-44)28-10-12-38(54)34(24-28)52(70)71/h2-3,6-13,22-27H,4-5,14-21H2,1H3,(H2,56,66)(H2,57,67)(H,58,68)(H,59,69)(H,70,71)(H,60,62,64)(H,61,63,65). The normalized spacial score (nSPS) is 11.2. The van der Waals surface area contributed by atoms with Crippen LogP contribution in [0, 0.1) is 11.6 Å². The molecule has 0 bridgehead atoms. The van der Waals surface area contributed by atoms with Crippen LogP contribution in [-0.2, 0) is 18.9 Å². The smallest absolute Gasteiger partial charge is 0.340 e. The van der Waals surface area contributed by atoms with E-state index >= 15 is 0 Å². The van der Waals surface area contributed by atoms with Gasteiger partial charge in [0.05, 0.1) is 89.3 Å². The second-order valence-electron chi connectivity index (χ2n) is 16.8. The average molecular weight is 1040 g/mol. The molecule has 0 saturated carbocycles. The Kier molecular flexibility index (Phi) is 16.8. The van der Waals surface area contributed by atoms with Gasteiger partial charge < -0.3 is 46.2 Å². The number of nitrogens with one attached hydrogen (secondary N) is 4. The first-order valence-corrected chi connectivity index (χ1v) is 23.5. The van der Waals surface area contributed by atoms with E-state index in [0.717, 1.165) is 25.3 Å². The fourth-order valence-electron chi connectivity index (χ4n) is 8.08. The lowest BCUT2D eigenvalue weighted by atomic mass is 10.00. The van der Waals surface area contributed by atoms with Gasteiger partial charge >= 0.3 is 11.9 Å². The molecule has 4 aromatic carbocycles. The number of methoxy groups -OCH3 is 1. The van der Waals surface area contributed by atoms with Gasteiger partial charge in [-0.05, 0) is 85.6 Å². The van der Waals surface area contributed by atoms with Gasteiger partial charge in [-0.3, -0.25) is 29.4 Å². The summed E-state index contributed by atoms with van der Waals surface area (Å²) in [6, 6.07) is 23.3. The van der Waals surface area contributed by atoms with Gasteiger partial charge in [-0.25, -0.2) is 28.3 Å². The van der Waals surface area contributed by atoms with Crippen molar-refractivity contribution in [2.45, 2.75) is 12.8 Å². The van der Waals surface area contributed by atoms with Crippen LogP contribution in [-0.4, -0.2) is 131 Å². The molecule has 0 atom stereocenters. The van der Waals surface area contributed by atoms with E-state index in [0.29, 0.717) is 110 Å². The summed E-state index contributed by atoms with van der Waals surface area (Å²) in [4.78, 5) is 84.1. The molecule has 4 amide bonds. The van der Waals surface area contributed by atoms with Crippen LogP contribution in [0.15, 0.2) is 97.1 Å². The molecule has 4 aromatic heterocycles. The molecule has 23 heteroatoms. The number of hydrogen-bond donors (Lipinski definition) is 7. The Morgan fingerprint density at radius 1 is 0.553 bits per heavy atom. The fraction of sp³-hybridized carbons (Fsp3) is 0.208. The van der Waals surface area contributed by atoms with E-state index in [2.05, 4.69) is 45.7 Å². The number of aromatic carboxylic acids is 1. The summed E-state index contributed by atoms with van der Waals surface area (Å²) < 4.78 is 49.9. The third-order valence-electron chi connectivity index (χ3n) is 11.8. The summed E-state index contributed by atoms with van der Waals surface area (Å²) in [5.41, 5.74) is 14.5. The number of amides is 4. The zero-order valence-electron chi connectivity index (χ0n) is 40.5. The summed E-state index contributed by atoms with van der Waals surface area (Å²) >= 11 is 0. The van der Waals surface area contributed by atoms with Crippen LogP contribution in [0.5, 0.6) is 0 Å². The van der Waals surface area contributed by atoms with Gasteiger partial charge in [-0.15, -0.1) is 0 Å². The Hall–Kier alpha value is -9.32. The number of ether oxygens (including phenoxy) is 4. The number of carbonyl (C=O) groups excluding carboxylic acids is 5. The molecule has 4 heterocycles. The minimum absolute atomic E-state index is 0.0336. The van der Waals surface area contributed by atoms with Crippen molar-refractivity contribution in [3.63, 3.8) is 0 Å². The number of primary amides is 2. The quantitative estimate of drug-likeness (QED) is 0.0276. The topological polar surface area (TPSA) is 319 Å². The van der Waals surface area contributed by atoms with Crippen molar-refractivity contribution >= 4 is 57.6 Å². The monoisotopic (exact) mass is 1040 g/mol. The summed E-state index contributed by atoms with van der Waals surface area (Å²) in [5.74, 6) is -6.31. The number of esters is 1. The Labute approximate surface area is 430 Å². The first-order valence-electron chi connectivity index (χ1n) is 23.5. The number of carbonyl (C=O) groups is 6. The molecular formula is C53H48F2N10O11. The molecule has 0 radical (unpaired) electrons. The number of carboxylic acid groups (broad SMARTS) is 1. The highest BCUT2D eigenvalue weighted by Gasteiger charge is 2.23. The molecule has 0 aliphatic carbocycles. The lowest BCUT2D eigenvalue weighted by Gasteiger charge is -2.10. The SMILES string of the molecule is COC(=O)c1cc(-c2cc(C(N)=O)c3c(-c4cccc(C(=O)NCCCOCCOCCOCCCNC(=O)c5cccc(-c6[nH]nc7nc(-c8ccc(F)c(C(=O)O)c8)cc(C(N)=O)c67)c5)c4)[nH]nc3n2)ccc1F. The molecule has 76 heavy (non-hydrogen) atoms. The van der Waals surface area contributed by atoms with Crippen molar-refractivity contribution in [2.24, 2.45) is 11.5 Å². The number of benzene rings is 4. The molecular weight excluding hydrogens is 991 g/mol. The molecule has 0 unspecified atom stereocenters. The maximum absolute atomic E-state index is 14.3. The molecule has 0 saturated heterocycles. The number of pyridine rings is 2. The molecule has 8 aromatic rings. The predicted octanol–water partition coefficient (Wildman–Crippen LogP) is 5.85. The first-order chi connectivity index (χ1) is 36.7. The number of hydrogen-bond acceptors (Lipinski definition) is 14. The van der Waals surface area contributed by atoms with E-state index in [1.807, 2.05) is 0 Å². The minimum atomic E-state index is -1.46. The number of aromatic amines is 2. The molecule has 21 nitrogen and oxygen atoms in total. The molecule has 9 N–H and O–H groups in total. The van der Waals surface area contributed by atoms with Crippen LogP contribution in [0.3, 0.4) is 0 Å². The molecule has 0 aliphatic heterocycles. The van der Waals surface area contributed by atoms with Crippen molar-refractivity contribution in [1.29, 1.82) is 0 Å². The zero-order chi connectivity index (χ0) is 53.9. The van der Waals surface area contributed by atoms with Gasteiger partial charge in [0.15, 0.2) is 11.3 Å². The van der Waals surface area contributed by atoms with Gasteiger partial charge in [0.1, 0.15) is 11.6 Å². The third kappa shape index (κ3) is 12.2. The Morgan fingerprint density at radius 3 is 1.42 bits per heavy atom. The van der Waals surface area contributed by atoms with Crippen molar-refractivity contribution in [3.8, 4) is 45.0 Å². The highest BCUT2D eigenvalue weighted by Crippen LogP contribution is 2.34. The van der Waals surface area contributed by atoms with E-state index in [1.54, 1.807) is 48.5 Å². The van der Waals surface area contributed by atoms with Crippen molar-refractivity contribution < 1.29 is 61.6 Å². The van der Waals surface area contributed by atoms with Gasteiger partial charge in [0.2, 0.25) is 11.8 Å². The predicted molar refractivity (Wildman–Crippen MR) is 271 cm³/mol. The Balaban J connectivity index is 0.716. The fourth-order valence-corrected chi connectivity index (χ4v) is 8.08. The number of fused-ring (bicyclic) bond motifs is 2.